The van der Waals surface area contributed by atoms with Crippen LogP contribution in [-0.4, -0.2) is 55.2 Å². The van der Waals surface area contributed by atoms with Crippen LogP contribution in [0.15, 0.2) is 36.8 Å². The van der Waals surface area contributed by atoms with E-state index in [4.69, 9.17) is 4.74 Å². The van der Waals surface area contributed by atoms with Crippen LogP contribution >= 0.6 is 0 Å². The van der Waals surface area contributed by atoms with Crippen molar-refractivity contribution in [2.75, 3.05) is 43.1 Å². The SMILES string of the molecule is COc1ccc2c(c1)N1CCN(c3cnccn3)C[C@H]1[C@H](C(=O)NCCC(C)C)C2. The van der Waals surface area contributed by atoms with E-state index < -0.39 is 0 Å². The lowest BCUT2D eigenvalue weighted by atomic mass is 9.83. The Bertz CT molecular complexity index is 873. The van der Waals surface area contributed by atoms with Crippen molar-refractivity contribution in [1.82, 2.24) is 15.3 Å². The summed E-state index contributed by atoms with van der Waals surface area (Å²) in [5.41, 5.74) is 2.40. The fourth-order valence-electron chi connectivity index (χ4n) is 4.48. The second-order valence-electron chi connectivity index (χ2n) is 8.55. The highest BCUT2D eigenvalue weighted by atomic mass is 16.5. The van der Waals surface area contributed by atoms with Crippen LogP contribution in [0.5, 0.6) is 5.75 Å². The van der Waals surface area contributed by atoms with Gasteiger partial charge in [0.25, 0.3) is 0 Å². The molecule has 7 nitrogen and oxygen atoms in total. The van der Waals surface area contributed by atoms with Crippen LogP contribution in [0, 0.1) is 11.8 Å². The van der Waals surface area contributed by atoms with Crippen molar-refractivity contribution in [1.29, 1.82) is 0 Å². The summed E-state index contributed by atoms with van der Waals surface area (Å²) in [6.07, 6.45) is 6.94. The number of ether oxygens (including phenoxy) is 1. The molecule has 1 fully saturated rings. The van der Waals surface area contributed by atoms with Gasteiger partial charge < -0.3 is 19.9 Å². The molecule has 0 bridgehead atoms. The van der Waals surface area contributed by atoms with E-state index in [1.807, 2.05) is 6.07 Å². The minimum Gasteiger partial charge on any atom is -0.497 e. The quantitative estimate of drug-likeness (QED) is 0.791. The van der Waals surface area contributed by atoms with Gasteiger partial charge in [0, 0.05) is 50.3 Å². The maximum atomic E-state index is 13.2. The van der Waals surface area contributed by atoms with Gasteiger partial charge in [-0.1, -0.05) is 19.9 Å². The molecule has 3 heterocycles. The van der Waals surface area contributed by atoms with Gasteiger partial charge in [0.1, 0.15) is 11.6 Å². The Hall–Kier alpha value is -2.83. The molecule has 1 aromatic heterocycles. The van der Waals surface area contributed by atoms with Crippen molar-refractivity contribution in [3.05, 3.63) is 42.4 Å². The second kappa shape index (κ2) is 8.90. The van der Waals surface area contributed by atoms with Crippen molar-refractivity contribution in [2.45, 2.75) is 32.7 Å². The van der Waals surface area contributed by atoms with Gasteiger partial charge in [-0.05, 0) is 30.4 Å². The minimum atomic E-state index is -0.0995. The standard InChI is InChI=1S/C23H31N5O2/c1-16(2)6-7-26-23(29)19-12-17-4-5-18(30-3)13-20(17)28-11-10-27(15-21(19)28)22-14-24-8-9-25-22/h4-5,8-9,13-14,16,19,21H,6-7,10-12,15H2,1-3H3,(H,26,29)/t19-,21+/m1/s1. The predicted octanol–water partition coefficient (Wildman–Crippen LogP) is 2.52. The van der Waals surface area contributed by atoms with Crippen LogP contribution in [0.3, 0.4) is 0 Å². The molecule has 2 aliphatic heterocycles. The molecule has 2 aromatic rings. The van der Waals surface area contributed by atoms with Crippen LogP contribution < -0.4 is 19.9 Å². The zero-order valence-electron chi connectivity index (χ0n) is 18.0. The van der Waals surface area contributed by atoms with Crippen molar-refractivity contribution < 1.29 is 9.53 Å². The number of nitrogens with one attached hydrogen (secondary N) is 1. The number of aromatic nitrogens is 2. The first-order valence-electron chi connectivity index (χ1n) is 10.8. The molecule has 0 aliphatic carbocycles. The second-order valence-corrected chi connectivity index (χ2v) is 8.55. The number of hydrogen-bond acceptors (Lipinski definition) is 6. The first kappa shape index (κ1) is 20.4. The van der Waals surface area contributed by atoms with Gasteiger partial charge in [-0.2, -0.15) is 0 Å². The number of piperazine rings is 1. The fourth-order valence-corrected chi connectivity index (χ4v) is 4.48. The van der Waals surface area contributed by atoms with Gasteiger partial charge in [0.2, 0.25) is 5.91 Å². The third-order valence-corrected chi connectivity index (χ3v) is 6.16. The van der Waals surface area contributed by atoms with Crippen molar-refractivity contribution >= 4 is 17.4 Å². The summed E-state index contributed by atoms with van der Waals surface area (Å²) in [4.78, 5) is 26.5. The molecule has 0 spiro atoms. The largest absolute Gasteiger partial charge is 0.497 e. The molecular weight excluding hydrogens is 378 g/mol. The summed E-state index contributed by atoms with van der Waals surface area (Å²) in [6, 6.07) is 6.28. The highest BCUT2D eigenvalue weighted by Gasteiger charge is 2.41. The third kappa shape index (κ3) is 4.20. The molecule has 2 atom stereocenters. The molecule has 1 saturated heterocycles. The Kier molecular flexibility index (Phi) is 6.06. The van der Waals surface area contributed by atoms with Crippen molar-refractivity contribution in [3.8, 4) is 5.75 Å². The van der Waals surface area contributed by atoms with E-state index in [9.17, 15) is 4.79 Å². The van der Waals surface area contributed by atoms with E-state index in [0.717, 1.165) is 50.6 Å². The molecule has 0 unspecified atom stereocenters. The van der Waals surface area contributed by atoms with E-state index in [1.165, 1.54) is 11.3 Å². The maximum absolute atomic E-state index is 13.2. The van der Waals surface area contributed by atoms with Crippen LogP contribution in [0.4, 0.5) is 11.5 Å². The lowest BCUT2D eigenvalue weighted by Gasteiger charge is -2.49. The van der Waals surface area contributed by atoms with Crippen LogP contribution in [0.1, 0.15) is 25.8 Å². The molecule has 30 heavy (non-hydrogen) atoms. The van der Waals surface area contributed by atoms with Crippen molar-refractivity contribution in [2.24, 2.45) is 11.8 Å². The number of rotatable bonds is 6. The summed E-state index contributed by atoms with van der Waals surface area (Å²) in [6.45, 7) is 7.50. The first-order chi connectivity index (χ1) is 14.6. The summed E-state index contributed by atoms with van der Waals surface area (Å²) in [7, 11) is 1.69. The Morgan fingerprint density at radius 3 is 2.90 bits per heavy atom. The lowest BCUT2D eigenvalue weighted by Crippen LogP contribution is -2.61. The number of methoxy groups -OCH3 is 1. The number of anilines is 2. The van der Waals surface area contributed by atoms with E-state index in [2.05, 4.69) is 51.1 Å². The number of nitrogens with zero attached hydrogens (tertiary/aromatic N) is 4. The number of fused-ring (bicyclic) bond motifs is 3. The number of amides is 1. The van der Waals surface area contributed by atoms with E-state index in [-0.39, 0.29) is 17.9 Å². The minimum absolute atomic E-state index is 0.0828. The van der Waals surface area contributed by atoms with Gasteiger partial charge >= 0.3 is 0 Å². The molecule has 1 aromatic carbocycles. The average molecular weight is 410 g/mol. The molecule has 0 saturated carbocycles. The molecule has 0 radical (unpaired) electrons. The van der Waals surface area contributed by atoms with E-state index in [1.54, 1.807) is 25.7 Å². The first-order valence-corrected chi connectivity index (χ1v) is 10.8. The number of carbonyl (C=O) groups is 1. The van der Waals surface area contributed by atoms with Gasteiger partial charge in [-0.3, -0.25) is 9.78 Å². The smallest absolute Gasteiger partial charge is 0.225 e. The molecule has 1 amide bonds. The zero-order valence-corrected chi connectivity index (χ0v) is 18.0. The normalized spacial score (nSPS) is 20.5. The molecule has 4 rings (SSSR count). The van der Waals surface area contributed by atoms with Crippen LogP contribution in [0.25, 0.3) is 0 Å². The Morgan fingerprint density at radius 1 is 1.30 bits per heavy atom. The maximum Gasteiger partial charge on any atom is 0.225 e. The molecule has 7 heteroatoms. The topological polar surface area (TPSA) is 70.6 Å². The highest BCUT2D eigenvalue weighted by Crippen LogP contribution is 2.38. The van der Waals surface area contributed by atoms with Gasteiger partial charge in [0.15, 0.2) is 0 Å². The number of carbonyl (C=O) groups excluding carboxylic acids is 1. The predicted molar refractivity (Wildman–Crippen MR) is 118 cm³/mol. The van der Waals surface area contributed by atoms with Gasteiger partial charge in [-0.25, -0.2) is 4.98 Å². The van der Waals surface area contributed by atoms with Crippen LogP contribution in [0.2, 0.25) is 0 Å². The Morgan fingerprint density at radius 2 is 2.17 bits per heavy atom. The molecule has 2 aliphatic rings. The highest BCUT2D eigenvalue weighted by molar-refractivity contribution is 5.82. The molecule has 160 valence electrons. The Balaban J connectivity index is 1.60. The Labute approximate surface area is 178 Å². The van der Waals surface area contributed by atoms with Gasteiger partial charge in [-0.15, -0.1) is 0 Å². The molecular formula is C23H31N5O2. The van der Waals surface area contributed by atoms with Crippen molar-refractivity contribution in [3.63, 3.8) is 0 Å². The average Bonchev–Trinajstić information content (AvgIpc) is 2.78. The summed E-state index contributed by atoms with van der Waals surface area (Å²) >= 11 is 0. The summed E-state index contributed by atoms with van der Waals surface area (Å²) < 4.78 is 5.47. The zero-order chi connectivity index (χ0) is 21.1. The van der Waals surface area contributed by atoms with Gasteiger partial charge in [0.05, 0.1) is 25.3 Å². The van der Waals surface area contributed by atoms with E-state index in [0.29, 0.717) is 5.92 Å². The number of benzene rings is 1. The third-order valence-electron chi connectivity index (χ3n) is 6.16. The number of hydrogen-bond donors (Lipinski definition) is 1. The summed E-state index contributed by atoms with van der Waals surface area (Å²) in [5, 5.41) is 3.19. The summed E-state index contributed by atoms with van der Waals surface area (Å²) in [5.74, 6) is 2.34. The fraction of sp³-hybridized carbons (Fsp3) is 0.522. The monoisotopic (exact) mass is 409 g/mol. The lowest BCUT2D eigenvalue weighted by molar-refractivity contribution is -0.125. The molecule has 1 N–H and O–H groups in total. The van der Waals surface area contributed by atoms with E-state index >= 15 is 0 Å². The van der Waals surface area contributed by atoms with Crippen LogP contribution in [-0.2, 0) is 11.2 Å².